The monoisotopic (exact) mass is 438 g/mol. The second kappa shape index (κ2) is 9.65. The van der Waals surface area contributed by atoms with Crippen LogP contribution in [0.4, 0.5) is 0 Å². The van der Waals surface area contributed by atoms with Gasteiger partial charge in [0.2, 0.25) is 0 Å². The molecular weight excluding hydrogens is 412 g/mol. The van der Waals surface area contributed by atoms with Crippen LogP contribution in [-0.4, -0.2) is 22.8 Å². The summed E-state index contributed by atoms with van der Waals surface area (Å²) in [4.78, 5) is 23.1. The number of rotatable bonds is 6. The molecule has 0 fully saturated rings. The predicted octanol–water partition coefficient (Wildman–Crippen LogP) is 6.58. The van der Waals surface area contributed by atoms with Crippen molar-refractivity contribution in [2.45, 2.75) is 33.8 Å². The van der Waals surface area contributed by atoms with Crippen molar-refractivity contribution in [2.24, 2.45) is 5.16 Å². The number of carbonyl (C=O) groups excluding carboxylic acids is 1. The summed E-state index contributed by atoms with van der Waals surface area (Å²) >= 11 is 0. The topological polar surface area (TPSA) is 60.8 Å². The summed E-state index contributed by atoms with van der Waals surface area (Å²) in [6.07, 6.45) is 0.0972. The van der Waals surface area contributed by atoms with Gasteiger partial charge in [0, 0.05) is 10.9 Å². The minimum atomic E-state index is -0.527. The molecule has 0 aliphatic heterocycles. The van der Waals surface area contributed by atoms with Crippen LogP contribution in [-0.2, 0) is 4.84 Å². The van der Waals surface area contributed by atoms with E-state index in [1.54, 1.807) is 6.07 Å². The molecule has 4 aromatic rings. The molecular formula is C28H26N2O3. The first-order chi connectivity index (χ1) is 15.9. The first-order valence-corrected chi connectivity index (χ1v) is 10.9. The molecule has 0 aliphatic rings. The van der Waals surface area contributed by atoms with Crippen molar-refractivity contribution in [3.8, 4) is 17.0 Å². The van der Waals surface area contributed by atoms with Crippen LogP contribution in [0.25, 0.3) is 22.2 Å². The lowest BCUT2D eigenvalue weighted by molar-refractivity contribution is 0.0518. The summed E-state index contributed by atoms with van der Waals surface area (Å²) in [5, 5.41) is 4.80. The zero-order valence-corrected chi connectivity index (χ0v) is 19.2. The van der Waals surface area contributed by atoms with Crippen LogP contribution in [0.2, 0.25) is 0 Å². The Labute approximate surface area is 193 Å². The summed E-state index contributed by atoms with van der Waals surface area (Å²) in [6, 6.07) is 24.8. The molecule has 0 saturated heterocycles. The third-order valence-corrected chi connectivity index (χ3v) is 5.19. The number of aryl methyl sites for hydroxylation is 1. The van der Waals surface area contributed by atoms with Crippen LogP contribution in [0.15, 0.2) is 84.0 Å². The van der Waals surface area contributed by atoms with E-state index < -0.39 is 5.97 Å². The zero-order chi connectivity index (χ0) is 23.4. The number of pyridine rings is 1. The maximum Gasteiger partial charge on any atom is 0.366 e. The summed E-state index contributed by atoms with van der Waals surface area (Å²) in [5.41, 5.74) is 5.37. The average molecular weight is 439 g/mol. The average Bonchev–Trinajstić information content (AvgIpc) is 2.82. The van der Waals surface area contributed by atoms with E-state index in [-0.39, 0.29) is 6.10 Å². The number of hydrogen-bond donors (Lipinski definition) is 0. The molecule has 3 aromatic carbocycles. The fourth-order valence-electron chi connectivity index (χ4n) is 3.48. The first-order valence-electron chi connectivity index (χ1n) is 10.9. The van der Waals surface area contributed by atoms with E-state index in [9.17, 15) is 4.79 Å². The quantitative estimate of drug-likeness (QED) is 0.194. The molecule has 0 radical (unpaired) electrons. The largest absolute Gasteiger partial charge is 0.491 e. The minimum absolute atomic E-state index is 0.0972. The molecule has 166 valence electrons. The lowest BCUT2D eigenvalue weighted by Crippen LogP contribution is -2.06. The lowest BCUT2D eigenvalue weighted by Gasteiger charge is -2.11. The normalized spacial score (nSPS) is 11.6. The van der Waals surface area contributed by atoms with Gasteiger partial charge in [-0.25, -0.2) is 9.78 Å². The van der Waals surface area contributed by atoms with Gasteiger partial charge in [-0.05, 0) is 69.7 Å². The molecule has 0 atom stereocenters. The molecule has 0 bridgehead atoms. The van der Waals surface area contributed by atoms with Crippen molar-refractivity contribution in [3.05, 3.63) is 95.6 Å². The highest BCUT2D eigenvalue weighted by Gasteiger charge is 2.16. The van der Waals surface area contributed by atoms with Gasteiger partial charge < -0.3 is 9.57 Å². The van der Waals surface area contributed by atoms with Crippen LogP contribution in [0.1, 0.15) is 42.3 Å². The Hall–Kier alpha value is -3.99. The minimum Gasteiger partial charge on any atom is -0.491 e. The van der Waals surface area contributed by atoms with Crippen molar-refractivity contribution >= 4 is 22.6 Å². The van der Waals surface area contributed by atoms with Crippen molar-refractivity contribution in [1.29, 1.82) is 0 Å². The smallest absolute Gasteiger partial charge is 0.366 e. The van der Waals surface area contributed by atoms with E-state index in [4.69, 9.17) is 14.6 Å². The zero-order valence-electron chi connectivity index (χ0n) is 19.2. The molecule has 4 rings (SSSR count). The van der Waals surface area contributed by atoms with Gasteiger partial charge in [-0.2, -0.15) is 0 Å². The second-order valence-electron chi connectivity index (χ2n) is 8.18. The molecule has 0 spiro atoms. The van der Waals surface area contributed by atoms with Gasteiger partial charge >= 0.3 is 5.97 Å². The van der Waals surface area contributed by atoms with Crippen LogP contribution in [0.3, 0.4) is 0 Å². The Morgan fingerprint density at radius 2 is 1.64 bits per heavy atom. The van der Waals surface area contributed by atoms with Gasteiger partial charge in [-0.15, -0.1) is 0 Å². The molecule has 0 N–H and O–H groups in total. The summed E-state index contributed by atoms with van der Waals surface area (Å²) in [6.45, 7) is 7.81. The van der Waals surface area contributed by atoms with Gasteiger partial charge in [0.15, 0.2) is 0 Å². The number of para-hydroxylation sites is 1. The van der Waals surface area contributed by atoms with E-state index >= 15 is 0 Å². The summed E-state index contributed by atoms with van der Waals surface area (Å²) < 4.78 is 5.73. The van der Waals surface area contributed by atoms with Gasteiger partial charge in [0.25, 0.3) is 0 Å². The van der Waals surface area contributed by atoms with E-state index in [2.05, 4.69) is 5.16 Å². The molecule has 0 amide bonds. The maximum atomic E-state index is 13.0. The van der Waals surface area contributed by atoms with Crippen LogP contribution >= 0.6 is 0 Å². The second-order valence-corrected chi connectivity index (χ2v) is 8.18. The fourth-order valence-corrected chi connectivity index (χ4v) is 3.48. The number of benzene rings is 3. The standard InChI is InChI=1S/C28H26N2O3/c1-18(2)32-23-15-13-22(14-16-23)27-17-25(24-7-5-6-8-26(24)29-27)28(31)33-30-20(4)21-11-9-19(3)10-12-21/h5-18H,1-4H3. The third kappa shape index (κ3) is 5.26. The SMILES string of the molecule is CC(=NOC(=O)c1cc(-c2ccc(OC(C)C)cc2)nc2ccccc12)c1ccc(C)cc1. The predicted molar refractivity (Wildman–Crippen MR) is 132 cm³/mol. The van der Waals surface area contributed by atoms with Crippen molar-refractivity contribution in [2.75, 3.05) is 0 Å². The third-order valence-electron chi connectivity index (χ3n) is 5.19. The van der Waals surface area contributed by atoms with Gasteiger partial charge in [0.1, 0.15) is 5.75 Å². The lowest BCUT2D eigenvalue weighted by atomic mass is 10.0. The van der Waals surface area contributed by atoms with Gasteiger partial charge in [-0.1, -0.05) is 53.2 Å². The van der Waals surface area contributed by atoms with Crippen LogP contribution in [0, 0.1) is 6.92 Å². The molecule has 0 saturated carbocycles. The van der Waals surface area contributed by atoms with Crippen LogP contribution in [0.5, 0.6) is 5.75 Å². The van der Waals surface area contributed by atoms with E-state index in [1.807, 2.05) is 100 Å². The Kier molecular flexibility index (Phi) is 6.50. The number of hydrogen-bond acceptors (Lipinski definition) is 5. The Morgan fingerprint density at radius 1 is 0.939 bits per heavy atom. The molecule has 0 aliphatic carbocycles. The first kappa shape index (κ1) is 22.2. The number of fused-ring (bicyclic) bond motifs is 1. The van der Waals surface area contributed by atoms with Gasteiger partial charge in [0.05, 0.1) is 28.6 Å². The number of carbonyl (C=O) groups is 1. The number of oxime groups is 1. The molecule has 33 heavy (non-hydrogen) atoms. The number of nitrogens with zero attached hydrogens (tertiary/aromatic N) is 2. The van der Waals surface area contributed by atoms with Gasteiger partial charge in [-0.3, -0.25) is 0 Å². The molecule has 5 heteroatoms. The van der Waals surface area contributed by atoms with Crippen LogP contribution < -0.4 is 4.74 Å². The molecule has 1 aromatic heterocycles. The Bertz CT molecular complexity index is 1310. The number of ether oxygens (including phenoxy) is 1. The van der Waals surface area contributed by atoms with E-state index in [0.717, 1.165) is 22.4 Å². The fraction of sp³-hybridized carbons (Fsp3) is 0.179. The van der Waals surface area contributed by atoms with E-state index in [0.29, 0.717) is 27.9 Å². The van der Waals surface area contributed by atoms with Crippen molar-refractivity contribution < 1.29 is 14.4 Å². The number of aromatic nitrogens is 1. The highest BCUT2D eigenvalue weighted by atomic mass is 16.7. The summed E-state index contributed by atoms with van der Waals surface area (Å²) in [5.74, 6) is 0.260. The molecule has 1 heterocycles. The maximum absolute atomic E-state index is 13.0. The van der Waals surface area contributed by atoms with Crippen molar-refractivity contribution in [1.82, 2.24) is 4.98 Å². The highest BCUT2D eigenvalue weighted by Crippen LogP contribution is 2.27. The highest BCUT2D eigenvalue weighted by molar-refractivity contribution is 6.05. The Morgan fingerprint density at radius 3 is 2.33 bits per heavy atom. The molecule has 0 unspecified atom stereocenters. The van der Waals surface area contributed by atoms with E-state index in [1.165, 1.54) is 0 Å². The molecule has 5 nitrogen and oxygen atoms in total. The Balaban J connectivity index is 1.66. The van der Waals surface area contributed by atoms with Crippen molar-refractivity contribution in [3.63, 3.8) is 0 Å². The summed E-state index contributed by atoms with van der Waals surface area (Å²) in [7, 11) is 0.